The Hall–Kier alpha value is -2.51. The van der Waals surface area contributed by atoms with Gasteiger partial charge in [-0.25, -0.2) is 0 Å². The third kappa shape index (κ3) is 2.16. The SMILES string of the molecule is Cc1cc2c(cc1C#N)c(-c1cncc(N)c1Cl)cn2C1CCC1. The highest BCUT2D eigenvalue weighted by molar-refractivity contribution is 6.36. The Bertz CT molecular complexity index is 993. The predicted molar refractivity (Wildman–Crippen MR) is 96.9 cm³/mol. The van der Waals surface area contributed by atoms with Gasteiger partial charge in [-0.3, -0.25) is 4.98 Å². The average molecular weight is 337 g/mol. The van der Waals surface area contributed by atoms with E-state index in [1.54, 1.807) is 12.4 Å². The molecule has 120 valence electrons. The summed E-state index contributed by atoms with van der Waals surface area (Å²) < 4.78 is 2.32. The van der Waals surface area contributed by atoms with Gasteiger partial charge in [0.2, 0.25) is 0 Å². The van der Waals surface area contributed by atoms with Gasteiger partial charge in [0.05, 0.1) is 28.5 Å². The molecule has 2 heterocycles. The summed E-state index contributed by atoms with van der Waals surface area (Å²) in [7, 11) is 0. The van der Waals surface area contributed by atoms with Crippen LogP contribution in [0.2, 0.25) is 5.02 Å². The van der Waals surface area contributed by atoms with Crippen LogP contribution in [0, 0.1) is 18.3 Å². The van der Waals surface area contributed by atoms with Crippen molar-refractivity contribution in [1.82, 2.24) is 9.55 Å². The molecular formula is C19H17ClN4. The fraction of sp³-hybridized carbons (Fsp3) is 0.263. The molecule has 1 saturated carbocycles. The van der Waals surface area contributed by atoms with Gasteiger partial charge in [-0.1, -0.05) is 11.6 Å². The quantitative estimate of drug-likeness (QED) is 0.727. The summed E-state index contributed by atoms with van der Waals surface area (Å²) in [5.74, 6) is 0. The molecule has 0 amide bonds. The molecule has 0 spiro atoms. The third-order valence-electron chi connectivity index (χ3n) is 4.97. The Balaban J connectivity index is 2.04. The first-order chi connectivity index (χ1) is 11.6. The maximum absolute atomic E-state index is 9.40. The highest BCUT2D eigenvalue weighted by Crippen LogP contribution is 2.42. The van der Waals surface area contributed by atoms with Crippen molar-refractivity contribution in [3.8, 4) is 17.2 Å². The van der Waals surface area contributed by atoms with Gasteiger partial charge in [0.15, 0.2) is 0 Å². The second kappa shape index (κ2) is 5.54. The Kier molecular flexibility index (Phi) is 3.47. The van der Waals surface area contributed by atoms with E-state index in [9.17, 15) is 5.26 Å². The smallest absolute Gasteiger partial charge is 0.0994 e. The number of nitrogens with two attached hydrogens (primary N) is 1. The largest absolute Gasteiger partial charge is 0.396 e. The van der Waals surface area contributed by atoms with E-state index >= 15 is 0 Å². The van der Waals surface area contributed by atoms with E-state index in [1.807, 2.05) is 13.0 Å². The number of benzene rings is 1. The fourth-order valence-corrected chi connectivity index (χ4v) is 3.55. The molecule has 0 aliphatic heterocycles. The normalized spacial score (nSPS) is 14.5. The van der Waals surface area contributed by atoms with Gasteiger partial charge in [-0.15, -0.1) is 0 Å². The lowest BCUT2D eigenvalue weighted by Crippen LogP contribution is -2.15. The number of nitriles is 1. The first-order valence-corrected chi connectivity index (χ1v) is 8.42. The number of pyridine rings is 1. The average Bonchev–Trinajstić information content (AvgIpc) is 2.86. The van der Waals surface area contributed by atoms with Crippen molar-refractivity contribution < 1.29 is 0 Å². The van der Waals surface area contributed by atoms with Crippen molar-refractivity contribution in [3.63, 3.8) is 0 Å². The number of fused-ring (bicyclic) bond motifs is 1. The minimum absolute atomic E-state index is 0.464. The van der Waals surface area contributed by atoms with E-state index in [2.05, 4.69) is 27.9 Å². The van der Waals surface area contributed by atoms with Crippen molar-refractivity contribution in [2.45, 2.75) is 32.2 Å². The number of hydrogen-bond acceptors (Lipinski definition) is 3. The van der Waals surface area contributed by atoms with E-state index in [0.717, 1.165) is 27.6 Å². The van der Waals surface area contributed by atoms with Gasteiger partial charge < -0.3 is 10.3 Å². The van der Waals surface area contributed by atoms with Crippen molar-refractivity contribution in [2.24, 2.45) is 0 Å². The predicted octanol–water partition coefficient (Wildman–Crippen LogP) is 4.84. The maximum atomic E-state index is 9.40. The molecule has 0 unspecified atom stereocenters. The lowest BCUT2D eigenvalue weighted by atomic mass is 9.93. The summed E-state index contributed by atoms with van der Waals surface area (Å²) in [5, 5.41) is 10.9. The monoisotopic (exact) mass is 336 g/mol. The zero-order chi connectivity index (χ0) is 16.8. The van der Waals surface area contributed by atoms with Gasteiger partial charge >= 0.3 is 0 Å². The van der Waals surface area contributed by atoms with Crippen LogP contribution in [0.15, 0.2) is 30.7 Å². The first kappa shape index (κ1) is 15.0. The van der Waals surface area contributed by atoms with Crippen LogP contribution in [0.5, 0.6) is 0 Å². The number of rotatable bonds is 2. The molecule has 24 heavy (non-hydrogen) atoms. The summed E-state index contributed by atoms with van der Waals surface area (Å²) in [6.07, 6.45) is 9.07. The molecule has 3 aromatic rings. The highest BCUT2D eigenvalue weighted by Gasteiger charge is 2.24. The molecule has 0 radical (unpaired) electrons. The minimum atomic E-state index is 0.464. The summed E-state index contributed by atoms with van der Waals surface area (Å²) in [6, 6.07) is 6.84. The van der Waals surface area contributed by atoms with Crippen LogP contribution < -0.4 is 5.73 Å². The van der Waals surface area contributed by atoms with Crippen LogP contribution in [-0.2, 0) is 0 Å². The van der Waals surface area contributed by atoms with E-state index in [1.165, 1.54) is 19.3 Å². The Labute approximate surface area is 145 Å². The number of hydrogen-bond donors (Lipinski definition) is 1. The molecule has 1 aromatic carbocycles. The summed E-state index contributed by atoms with van der Waals surface area (Å²) in [4.78, 5) is 4.19. The first-order valence-electron chi connectivity index (χ1n) is 8.04. The van der Waals surface area contributed by atoms with Crippen molar-refractivity contribution in [1.29, 1.82) is 5.26 Å². The van der Waals surface area contributed by atoms with E-state index < -0.39 is 0 Å². The molecule has 1 fully saturated rings. The van der Waals surface area contributed by atoms with Crippen LogP contribution in [0.25, 0.3) is 22.0 Å². The molecule has 2 N–H and O–H groups in total. The standard InChI is InChI=1S/C19H17ClN4/c1-11-5-18-14(6-12(11)7-21)16(10-24(18)13-3-2-4-13)15-8-23-9-17(22)19(15)20/h5-6,8-10,13H,2-4,22H2,1H3. The van der Waals surface area contributed by atoms with Crippen molar-refractivity contribution in [3.05, 3.63) is 46.9 Å². The highest BCUT2D eigenvalue weighted by atomic mass is 35.5. The summed E-state index contributed by atoms with van der Waals surface area (Å²) in [5.41, 5.74) is 11.0. The van der Waals surface area contributed by atoms with Crippen molar-refractivity contribution >= 4 is 28.2 Å². The second-order valence-corrected chi connectivity index (χ2v) is 6.80. The number of halogens is 1. The number of anilines is 1. The Morgan fingerprint density at radius 2 is 2.08 bits per heavy atom. The van der Waals surface area contributed by atoms with Crippen LogP contribution in [0.4, 0.5) is 5.69 Å². The number of nitrogen functional groups attached to an aromatic ring is 1. The van der Waals surface area contributed by atoms with E-state index in [-0.39, 0.29) is 0 Å². The lowest BCUT2D eigenvalue weighted by molar-refractivity contribution is 0.322. The zero-order valence-corrected chi connectivity index (χ0v) is 14.1. The zero-order valence-electron chi connectivity index (χ0n) is 13.4. The Morgan fingerprint density at radius 3 is 2.75 bits per heavy atom. The molecule has 2 aromatic heterocycles. The van der Waals surface area contributed by atoms with Gasteiger partial charge in [0, 0.05) is 40.5 Å². The van der Waals surface area contributed by atoms with Crippen LogP contribution >= 0.6 is 11.6 Å². The lowest BCUT2D eigenvalue weighted by Gasteiger charge is -2.28. The fourth-order valence-electron chi connectivity index (χ4n) is 3.35. The Morgan fingerprint density at radius 1 is 1.29 bits per heavy atom. The van der Waals surface area contributed by atoms with Crippen LogP contribution in [-0.4, -0.2) is 9.55 Å². The number of nitrogens with zero attached hydrogens (tertiary/aromatic N) is 3. The van der Waals surface area contributed by atoms with Crippen LogP contribution in [0.1, 0.15) is 36.4 Å². The molecular weight excluding hydrogens is 320 g/mol. The summed E-state index contributed by atoms with van der Waals surface area (Å²) >= 11 is 6.43. The summed E-state index contributed by atoms with van der Waals surface area (Å²) in [6.45, 7) is 1.98. The van der Waals surface area contributed by atoms with Gasteiger partial charge in [-0.2, -0.15) is 5.26 Å². The molecule has 5 heteroatoms. The molecule has 4 rings (SSSR count). The van der Waals surface area contributed by atoms with Crippen molar-refractivity contribution in [2.75, 3.05) is 5.73 Å². The number of aryl methyl sites for hydroxylation is 1. The minimum Gasteiger partial charge on any atom is -0.396 e. The molecule has 0 atom stereocenters. The topological polar surface area (TPSA) is 67.6 Å². The van der Waals surface area contributed by atoms with Gasteiger partial charge in [0.25, 0.3) is 0 Å². The molecule has 1 aliphatic carbocycles. The molecule has 1 aliphatic rings. The maximum Gasteiger partial charge on any atom is 0.0994 e. The number of aromatic nitrogens is 2. The van der Waals surface area contributed by atoms with Gasteiger partial charge in [-0.05, 0) is 43.9 Å². The van der Waals surface area contributed by atoms with E-state index in [4.69, 9.17) is 17.3 Å². The molecule has 0 bridgehead atoms. The third-order valence-corrected chi connectivity index (χ3v) is 5.39. The molecule has 4 nitrogen and oxygen atoms in total. The van der Waals surface area contributed by atoms with Gasteiger partial charge in [0.1, 0.15) is 0 Å². The van der Waals surface area contributed by atoms with Crippen LogP contribution in [0.3, 0.4) is 0 Å². The second-order valence-electron chi connectivity index (χ2n) is 6.42. The molecule has 0 saturated heterocycles. The van der Waals surface area contributed by atoms with E-state index in [0.29, 0.717) is 22.3 Å².